The smallest absolute Gasteiger partial charge is 0.00237 e. The van der Waals surface area contributed by atoms with Crippen LogP contribution in [0.1, 0.15) is 11.1 Å². The van der Waals surface area contributed by atoms with Crippen LogP contribution in [0.25, 0.3) is 43.8 Å². The van der Waals surface area contributed by atoms with Crippen LogP contribution in [0.15, 0.2) is 97.1 Å². The number of hydrogen-bond acceptors (Lipinski definition) is 0. The van der Waals surface area contributed by atoms with Gasteiger partial charge in [0, 0.05) is 0 Å². The minimum Gasteiger partial charge on any atom is -0.0622 e. The Balaban J connectivity index is 2.01. The van der Waals surface area contributed by atoms with Crippen molar-refractivity contribution >= 4 is 21.5 Å². The molecule has 28 heavy (non-hydrogen) atoms. The number of fused-ring (bicyclic) bond motifs is 2. The van der Waals surface area contributed by atoms with Crippen LogP contribution in [0, 0.1) is 13.8 Å². The Hall–Kier alpha value is -3.38. The highest BCUT2D eigenvalue weighted by atomic mass is 14.2. The Morgan fingerprint density at radius 2 is 0.964 bits per heavy atom. The third-order valence-corrected chi connectivity index (χ3v) is 5.65. The van der Waals surface area contributed by atoms with Gasteiger partial charge >= 0.3 is 0 Å². The Morgan fingerprint density at radius 3 is 1.50 bits per heavy atom. The van der Waals surface area contributed by atoms with Crippen molar-refractivity contribution in [3.63, 3.8) is 0 Å². The fourth-order valence-corrected chi connectivity index (χ4v) is 4.43. The van der Waals surface area contributed by atoms with Crippen LogP contribution < -0.4 is 0 Å². The molecular formula is C28H22. The predicted molar refractivity (Wildman–Crippen MR) is 122 cm³/mol. The van der Waals surface area contributed by atoms with Crippen molar-refractivity contribution in [2.45, 2.75) is 13.8 Å². The molecule has 0 bridgehead atoms. The number of hydrogen-bond donors (Lipinski definition) is 0. The highest BCUT2D eigenvalue weighted by molar-refractivity contribution is 6.21. The Kier molecular flexibility index (Phi) is 3.98. The van der Waals surface area contributed by atoms with E-state index in [4.69, 9.17) is 0 Å². The molecule has 5 aromatic rings. The van der Waals surface area contributed by atoms with E-state index in [9.17, 15) is 0 Å². The van der Waals surface area contributed by atoms with E-state index in [-0.39, 0.29) is 0 Å². The molecule has 0 heterocycles. The fraction of sp³-hybridized carbons (Fsp3) is 0.0714. The summed E-state index contributed by atoms with van der Waals surface area (Å²) in [5.74, 6) is 0. The first-order valence-corrected chi connectivity index (χ1v) is 9.80. The van der Waals surface area contributed by atoms with Crippen LogP contribution in [-0.2, 0) is 0 Å². The van der Waals surface area contributed by atoms with Gasteiger partial charge in [-0.1, -0.05) is 103 Å². The maximum absolute atomic E-state index is 2.28. The third kappa shape index (κ3) is 2.61. The van der Waals surface area contributed by atoms with Crippen molar-refractivity contribution in [1.29, 1.82) is 0 Å². The first kappa shape index (κ1) is 16.8. The van der Waals surface area contributed by atoms with Crippen LogP contribution in [0.2, 0.25) is 0 Å². The molecule has 0 heteroatoms. The monoisotopic (exact) mass is 358 g/mol. The fourth-order valence-electron chi connectivity index (χ4n) is 4.43. The largest absolute Gasteiger partial charge is 0.0622 e. The second kappa shape index (κ2) is 6.65. The molecule has 0 fully saturated rings. The van der Waals surface area contributed by atoms with Crippen molar-refractivity contribution in [2.75, 3.05) is 0 Å². The van der Waals surface area contributed by atoms with Gasteiger partial charge in [0.2, 0.25) is 0 Å². The van der Waals surface area contributed by atoms with E-state index in [1.165, 1.54) is 54.9 Å². The molecule has 0 saturated carbocycles. The summed E-state index contributed by atoms with van der Waals surface area (Å²) in [5.41, 5.74) is 7.86. The standard InChI is InChI=1S/C28H22/c1-19-16-17-22(20(2)18-19)28-25-14-8-6-12-23(25)27(21-10-4-3-5-11-21)24-13-7-9-15-26(24)28/h3-18H,1-2H3. The average molecular weight is 358 g/mol. The number of benzene rings is 5. The highest BCUT2D eigenvalue weighted by Gasteiger charge is 2.16. The molecule has 0 N–H and O–H groups in total. The molecule has 0 radical (unpaired) electrons. The normalized spacial score (nSPS) is 11.2. The molecule has 0 aliphatic rings. The second-order valence-electron chi connectivity index (χ2n) is 7.53. The second-order valence-corrected chi connectivity index (χ2v) is 7.53. The molecule has 5 rings (SSSR count). The van der Waals surface area contributed by atoms with E-state index in [0.717, 1.165) is 0 Å². The molecule has 0 aliphatic carbocycles. The van der Waals surface area contributed by atoms with Gasteiger partial charge in [-0.15, -0.1) is 0 Å². The summed E-state index contributed by atoms with van der Waals surface area (Å²) in [5, 5.41) is 5.24. The molecule has 0 unspecified atom stereocenters. The predicted octanol–water partition coefficient (Wildman–Crippen LogP) is 7.94. The van der Waals surface area contributed by atoms with Gasteiger partial charge in [0.05, 0.1) is 0 Å². The highest BCUT2D eigenvalue weighted by Crippen LogP contribution is 2.44. The minimum atomic E-state index is 1.27. The summed E-state index contributed by atoms with van der Waals surface area (Å²) < 4.78 is 0. The van der Waals surface area contributed by atoms with E-state index in [2.05, 4.69) is 111 Å². The summed E-state index contributed by atoms with van der Waals surface area (Å²) in [4.78, 5) is 0. The molecular weight excluding hydrogens is 336 g/mol. The van der Waals surface area contributed by atoms with Crippen LogP contribution >= 0.6 is 0 Å². The van der Waals surface area contributed by atoms with Gasteiger partial charge in [-0.2, -0.15) is 0 Å². The summed E-state index contributed by atoms with van der Waals surface area (Å²) >= 11 is 0. The summed E-state index contributed by atoms with van der Waals surface area (Å²) in [6.07, 6.45) is 0. The van der Waals surface area contributed by atoms with Crippen LogP contribution in [0.3, 0.4) is 0 Å². The Labute approximate surface area is 166 Å². The van der Waals surface area contributed by atoms with Crippen LogP contribution in [0.4, 0.5) is 0 Å². The Bertz CT molecular complexity index is 1250. The molecule has 0 amide bonds. The van der Waals surface area contributed by atoms with Gasteiger partial charge in [-0.25, -0.2) is 0 Å². The third-order valence-electron chi connectivity index (χ3n) is 5.65. The maximum atomic E-state index is 2.28. The molecule has 0 nitrogen and oxygen atoms in total. The SMILES string of the molecule is Cc1ccc(-c2c3ccccc3c(-c3ccccc3)c3ccccc23)c(C)c1. The first-order chi connectivity index (χ1) is 13.7. The van der Waals surface area contributed by atoms with Crippen molar-refractivity contribution in [2.24, 2.45) is 0 Å². The van der Waals surface area contributed by atoms with E-state index in [0.29, 0.717) is 0 Å². The van der Waals surface area contributed by atoms with Crippen molar-refractivity contribution in [1.82, 2.24) is 0 Å². The van der Waals surface area contributed by atoms with E-state index < -0.39 is 0 Å². The van der Waals surface area contributed by atoms with Crippen LogP contribution in [0.5, 0.6) is 0 Å². The van der Waals surface area contributed by atoms with Gasteiger partial charge in [0.1, 0.15) is 0 Å². The van der Waals surface area contributed by atoms with E-state index in [1.54, 1.807) is 0 Å². The maximum Gasteiger partial charge on any atom is -0.00237 e. The quantitative estimate of drug-likeness (QED) is 0.281. The molecule has 5 aromatic carbocycles. The lowest BCUT2D eigenvalue weighted by molar-refractivity contribution is 1.39. The average Bonchev–Trinajstić information content (AvgIpc) is 2.73. The van der Waals surface area contributed by atoms with E-state index in [1.807, 2.05) is 0 Å². The van der Waals surface area contributed by atoms with Gasteiger partial charge < -0.3 is 0 Å². The van der Waals surface area contributed by atoms with Gasteiger partial charge in [0.25, 0.3) is 0 Å². The van der Waals surface area contributed by atoms with Crippen molar-refractivity contribution in [3.8, 4) is 22.3 Å². The van der Waals surface area contributed by atoms with Gasteiger partial charge in [0.15, 0.2) is 0 Å². The molecule has 0 atom stereocenters. The zero-order valence-corrected chi connectivity index (χ0v) is 16.2. The lowest BCUT2D eigenvalue weighted by Crippen LogP contribution is -1.92. The summed E-state index contributed by atoms with van der Waals surface area (Å²) in [7, 11) is 0. The molecule has 134 valence electrons. The molecule has 0 aromatic heterocycles. The van der Waals surface area contributed by atoms with E-state index >= 15 is 0 Å². The molecule has 0 saturated heterocycles. The zero-order chi connectivity index (χ0) is 19.1. The van der Waals surface area contributed by atoms with Gasteiger partial charge in [-0.05, 0) is 63.2 Å². The van der Waals surface area contributed by atoms with Gasteiger partial charge in [-0.3, -0.25) is 0 Å². The lowest BCUT2D eigenvalue weighted by atomic mass is 9.85. The summed E-state index contributed by atoms with van der Waals surface area (Å²) in [6.45, 7) is 4.38. The first-order valence-electron chi connectivity index (χ1n) is 9.80. The van der Waals surface area contributed by atoms with Crippen LogP contribution in [-0.4, -0.2) is 0 Å². The van der Waals surface area contributed by atoms with Crippen molar-refractivity contribution < 1.29 is 0 Å². The minimum absolute atomic E-state index is 1.27. The summed E-state index contributed by atoms with van der Waals surface area (Å²) in [6, 6.07) is 35.2. The topological polar surface area (TPSA) is 0 Å². The number of aryl methyl sites for hydroxylation is 2. The Morgan fingerprint density at radius 1 is 0.464 bits per heavy atom. The van der Waals surface area contributed by atoms with Crippen molar-refractivity contribution in [3.05, 3.63) is 108 Å². The lowest BCUT2D eigenvalue weighted by Gasteiger charge is -2.19. The number of rotatable bonds is 2. The molecule has 0 aliphatic heterocycles. The zero-order valence-electron chi connectivity index (χ0n) is 16.2. The molecule has 0 spiro atoms.